The average Bonchev–Trinajstić information content (AvgIpc) is 2.10. The van der Waals surface area contributed by atoms with Crippen molar-refractivity contribution in [3.05, 3.63) is 33.9 Å². The summed E-state index contributed by atoms with van der Waals surface area (Å²) in [6.45, 7) is -1.41. The molecule has 0 atom stereocenters. The van der Waals surface area contributed by atoms with E-state index >= 15 is 0 Å². The van der Waals surface area contributed by atoms with E-state index in [0.29, 0.717) is 12.1 Å². The zero-order valence-electron chi connectivity index (χ0n) is 6.67. The Bertz CT molecular complexity index is 346. The number of hydrogen-bond donors (Lipinski definition) is 0. The lowest BCUT2D eigenvalue weighted by molar-refractivity contribution is -0.385. The number of ether oxygens (including phenoxy) is 1. The van der Waals surface area contributed by atoms with E-state index in [-0.39, 0.29) is 0 Å². The summed E-state index contributed by atoms with van der Waals surface area (Å²) in [5, 5.41) is 10.1. The van der Waals surface area contributed by atoms with Gasteiger partial charge >= 0.3 is 0 Å². The van der Waals surface area contributed by atoms with Crippen LogP contribution in [-0.4, -0.2) is 11.8 Å². The molecule has 0 heterocycles. The van der Waals surface area contributed by atoms with Crippen molar-refractivity contribution >= 4 is 5.69 Å². The highest BCUT2D eigenvalue weighted by atomic mass is 19.1. The number of hydrogen-bond acceptors (Lipinski definition) is 3. The zero-order chi connectivity index (χ0) is 10.7. The normalized spacial score (nSPS) is 9.93. The summed E-state index contributed by atoms with van der Waals surface area (Å²) in [4.78, 5) is 9.16. The molecule has 0 aliphatic rings. The average molecular weight is 207 g/mol. The molecule has 0 N–H and O–H groups in total. The monoisotopic (exact) mass is 207 g/mol. The number of rotatable bonds is 3. The van der Waals surface area contributed by atoms with Crippen molar-refractivity contribution in [3.63, 3.8) is 0 Å². The van der Waals surface area contributed by atoms with Crippen LogP contribution in [0.4, 0.5) is 18.9 Å². The van der Waals surface area contributed by atoms with Gasteiger partial charge in [-0.3, -0.25) is 10.1 Å². The maximum Gasteiger partial charge on any atom is 0.275 e. The summed E-state index contributed by atoms with van der Waals surface area (Å²) >= 11 is 0. The lowest BCUT2D eigenvalue weighted by Gasteiger charge is -2.03. The summed E-state index contributed by atoms with van der Waals surface area (Å²) < 4.78 is 41.2. The second-order valence-electron chi connectivity index (χ2n) is 2.25. The summed E-state index contributed by atoms with van der Waals surface area (Å²) in [6, 6.07) is 0.905. The Kier molecular flexibility index (Phi) is 2.90. The number of halogens is 3. The predicted molar refractivity (Wildman–Crippen MR) is 39.6 cm³/mol. The quantitative estimate of drug-likeness (QED) is 0.563. The molecule has 0 bridgehead atoms. The minimum atomic E-state index is -1.41. The van der Waals surface area contributed by atoms with Gasteiger partial charge in [-0.15, -0.1) is 0 Å². The Balaban J connectivity index is 3.18. The highest BCUT2D eigenvalue weighted by molar-refractivity contribution is 5.39. The first-order valence-corrected chi connectivity index (χ1v) is 3.38. The summed E-state index contributed by atoms with van der Waals surface area (Å²) in [7, 11) is 0. The third-order valence-electron chi connectivity index (χ3n) is 1.39. The van der Waals surface area contributed by atoms with Crippen molar-refractivity contribution in [2.75, 3.05) is 6.86 Å². The smallest absolute Gasteiger partial charge is 0.275 e. The van der Waals surface area contributed by atoms with Crippen LogP contribution in [0.25, 0.3) is 0 Å². The fourth-order valence-corrected chi connectivity index (χ4v) is 0.844. The maximum atomic E-state index is 12.8. The first-order chi connectivity index (χ1) is 6.56. The van der Waals surface area contributed by atoms with Gasteiger partial charge in [0.05, 0.1) is 17.1 Å². The van der Waals surface area contributed by atoms with Gasteiger partial charge in [0.15, 0.2) is 17.4 Å². The van der Waals surface area contributed by atoms with E-state index in [9.17, 15) is 23.3 Å². The molecule has 76 valence electrons. The van der Waals surface area contributed by atoms with Crippen molar-refractivity contribution in [1.82, 2.24) is 0 Å². The largest absolute Gasteiger partial charge is 0.457 e. The van der Waals surface area contributed by atoms with Gasteiger partial charge in [-0.1, -0.05) is 0 Å². The number of non-ortho nitro benzene ring substituents is 1. The molecule has 0 amide bonds. The molecule has 7 heteroatoms. The predicted octanol–water partition coefficient (Wildman–Crippen LogP) is 2.18. The number of benzene rings is 1. The van der Waals surface area contributed by atoms with Gasteiger partial charge in [-0.05, 0) is 0 Å². The number of nitrogens with zero attached hydrogens (tertiary/aromatic N) is 1. The molecule has 0 spiro atoms. The molecule has 0 fully saturated rings. The van der Waals surface area contributed by atoms with E-state index < -0.39 is 34.9 Å². The van der Waals surface area contributed by atoms with Gasteiger partial charge in [0.25, 0.3) is 5.69 Å². The standard InChI is InChI=1S/C7H4F3NO3/c8-3-14-7-5(9)1-4(11(12)13)2-6(7)10/h1-2H,3H2. The molecule has 0 aliphatic heterocycles. The second-order valence-corrected chi connectivity index (χ2v) is 2.25. The molecule has 0 unspecified atom stereocenters. The molecule has 1 rings (SSSR count). The Morgan fingerprint density at radius 1 is 1.36 bits per heavy atom. The Morgan fingerprint density at radius 2 is 1.86 bits per heavy atom. The first-order valence-electron chi connectivity index (χ1n) is 3.38. The van der Waals surface area contributed by atoms with Crippen LogP contribution in [0.15, 0.2) is 12.1 Å². The van der Waals surface area contributed by atoms with Gasteiger partial charge in [-0.25, -0.2) is 13.2 Å². The third-order valence-corrected chi connectivity index (χ3v) is 1.39. The molecule has 0 saturated carbocycles. The van der Waals surface area contributed by atoms with E-state index in [1.54, 1.807) is 0 Å². The Labute approximate surface area is 76.1 Å². The van der Waals surface area contributed by atoms with Gasteiger partial charge in [0.2, 0.25) is 6.86 Å². The van der Waals surface area contributed by atoms with Gasteiger partial charge in [-0.2, -0.15) is 0 Å². The molecule has 1 aromatic rings. The van der Waals surface area contributed by atoms with Crippen LogP contribution in [-0.2, 0) is 0 Å². The molecule has 14 heavy (non-hydrogen) atoms. The minimum Gasteiger partial charge on any atom is -0.457 e. The van der Waals surface area contributed by atoms with Crippen molar-refractivity contribution < 1.29 is 22.8 Å². The van der Waals surface area contributed by atoms with Crippen molar-refractivity contribution in [2.24, 2.45) is 0 Å². The lowest BCUT2D eigenvalue weighted by Crippen LogP contribution is -1.99. The fourth-order valence-electron chi connectivity index (χ4n) is 0.844. The van der Waals surface area contributed by atoms with Gasteiger partial charge < -0.3 is 4.74 Å². The lowest BCUT2D eigenvalue weighted by atomic mass is 10.3. The van der Waals surface area contributed by atoms with Crippen LogP contribution in [0, 0.1) is 21.7 Å². The Morgan fingerprint density at radius 3 is 2.21 bits per heavy atom. The summed E-state index contributed by atoms with van der Waals surface area (Å²) in [6.07, 6.45) is 0. The van der Waals surface area contributed by atoms with E-state index in [4.69, 9.17) is 0 Å². The van der Waals surface area contributed by atoms with E-state index in [2.05, 4.69) is 4.74 Å². The fraction of sp³-hybridized carbons (Fsp3) is 0.143. The van der Waals surface area contributed by atoms with E-state index in [0.717, 1.165) is 0 Å². The van der Waals surface area contributed by atoms with Crippen LogP contribution < -0.4 is 4.74 Å². The molecule has 1 aromatic carbocycles. The molecular weight excluding hydrogens is 203 g/mol. The molecule has 0 aliphatic carbocycles. The van der Waals surface area contributed by atoms with Gasteiger partial charge in [0.1, 0.15) is 0 Å². The first kappa shape index (κ1) is 10.3. The SMILES string of the molecule is O=[N+]([O-])c1cc(F)c(OCF)c(F)c1. The number of nitro benzene ring substituents is 1. The van der Waals surface area contributed by atoms with Crippen LogP contribution in [0.2, 0.25) is 0 Å². The molecular formula is C7H4F3NO3. The van der Waals surface area contributed by atoms with Crippen LogP contribution in [0.1, 0.15) is 0 Å². The topological polar surface area (TPSA) is 52.4 Å². The Hall–Kier alpha value is -1.79. The van der Waals surface area contributed by atoms with Crippen LogP contribution in [0.3, 0.4) is 0 Å². The van der Waals surface area contributed by atoms with Crippen LogP contribution in [0.5, 0.6) is 5.75 Å². The molecule has 0 aromatic heterocycles. The molecule has 4 nitrogen and oxygen atoms in total. The highest BCUT2D eigenvalue weighted by Crippen LogP contribution is 2.26. The summed E-state index contributed by atoms with van der Waals surface area (Å²) in [5.74, 6) is -3.58. The molecule has 0 saturated heterocycles. The van der Waals surface area contributed by atoms with E-state index in [1.165, 1.54) is 0 Å². The summed E-state index contributed by atoms with van der Waals surface area (Å²) in [5.41, 5.74) is -0.758. The van der Waals surface area contributed by atoms with Gasteiger partial charge in [0, 0.05) is 0 Å². The second kappa shape index (κ2) is 3.95. The number of alkyl halides is 1. The molecule has 0 radical (unpaired) electrons. The number of nitro groups is 1. The third kappa shape index (κ3) is 1.93. The van der Waals surface area contributed by atoms with Crippen molar-refractivity contribution in [1.29, 1.82) is 0 Å². The van der Waals surface area contributed by atoms with Crippen LogP contribution >= 0.6 is 0 Å². The zero-order valence-corrected chi connectivity index (χ0v) is 6.67. The maximum absolute atomic E-state index is 12.8. The van der Waals surface area contributed by atoms with Crippen molar-refractivity contribution in [2.45, 2.75) is 0 Å². The van der Waals surface area contributed by atoms with Crippen molar-refractivity contribution in [3.8, 4) is 5.75 Å². The minimum absolute atomic E-state index is 0.452. The van der Waals surface area contributed by atoms with E-state index in [1.807, 2.05) is 0 Å². The highest BCUT2D eigenvalue weighted by Gasteiger charge is 2.17.